The van der Waals surface area contributed by atoms with Crippen LogP contribution < -0.4 is 10.1 Å². The quantitative estimate of drug-likeness (QED) is 0.797. The van der Waals surface area contributed by atoms with Crippen LogP contribution in [0.5, 0.6) is 5.75 Å². The summed E-state index contributed by atoms with van der Waals surface area (Å²) in [6.45, 7) is -1.88. The first-order chi connectivity index (χ1) is 9.78. The van der Waals surface area contributed by atoms with E-state index >= 15 is 0 Å². The SMILES string of the molecule is COCC(C)(NC(=O)c1ccc(OC(F)F)cc1)C(=O)O. The van der Waals surface area contributed by atoms with Crippen LogP contribution in [-0.2, 0) is 9.53 Å². The van der Waals surface area contributed by atoms with Crippen molar-refractivity contribution < 1.29 is 33.0 Å². The highest BCUT2D eigenvalue weighted by Gasteiger charge is 2.35. The zero-order chi connectivity index (χ0) is 16.0. The van der Waals surface area contributed by atoms with Crippen LogP contribution in [0, 0.1) is 0 Å². The number of hydrogen-bond donors (Lipinski definition) is 2. The number of amides is 1. The first kappa shape index (κ1) is 16.8. The van der Waals surface area contributed by atoms with E-state index in [-0.39, 0.29) is 17.9 Å². The lowest BCUT2D eigenvalue weighted by molar-refractivity contribution is -0.145. The first-order valence-corrected chi connectivity index (χ1v) is 5.88. The van der Waals surface area contributed by atoms with E-state index in [4.69, 9.17) is 9.84 Å². The van der Waals surface area contributed by atoms with E-state index < -0.39 is 24.0 Å². The molecule has 0 aliphatic rings. The molecule has 0 saturated carbocycles. The Balaban J connectivity index is 2.81. The van der Waals surface area contributed by atoms with E-state index in [0.29, 0.717) is 0 Å². The Kier molecular flexibility index (Phi) is 5.60. The topological polar surface area (TPSA) is 84.9 Å². The Bertz CT molecular complexity index is 506. The first-order valence-electron chi connectivity index (χ1n) is 5.88. The highest BCUT2D eigenvalue weighted by atomic mass is 19.3. The summed E-state index contributed by atoms with van der Waals surface area (Å²) < 4.78 is 32.9. The van der Waals surface area contributed by atoms with Crippen molar-refractivity contribution in [3.63, 3.8) is 0 Å². The number of rotatable bonds is 7. The minimum Gasteiger partial charge on any atom is -0.479 e. The summed E-state index contributed by atoms with van der Waals surface area (Å²) in [6, 6.07) is 4.88. The number of carbonyl (C=O) groups excluding carboxylic acids is 1. The molecule has 0 radical (unpaired) electrons. The van der Waals surface area contributed by atoms with Gasteiger partial charge in [0.05, 0.1) is 6.61 Å². The van der Waals surface area contributed by atoms with Crippen LogP contribution in [0.2, 0.25) is 0 Å². The molecule has 8 heteroatoms. The number of halogens is 2. The highest BCUT2D eigenvalue weighted by Crippen LogP contribution is 2.15. The Morgan fingerprint density at radius 1 is 1.33 bits per heavy atom. The van der Waals surface area contributed by atoms with Crippen LogP contribution in [0.25, 0.3) is 0 Å². The summed E-state index contributed by atoms with van der Waals surface area (Å²) in [6.07, 6.45) is 0. The Morgan fingerprint density at radius 3 is 2.33 bits per heavy atom. The smallest absolute Gasteiger partial charge is 0.387 e. The van der Waals surface area contributed by atoms with Gasteiger partial charge >= 0.3 is 12.6 Å². The largest absolute Gasteiger partial charge is 0.479 e. The summed E-state index contributed by atoms with van der Waals surface area (Å²) in [5.74, 6) is -2.02. The van der Waals surface area contributed by atoms with Crippen molar-refractivity contribution in [2.24, 2.45) is 0 Å². The minimum absolute atomic E-state index is 0.0977. The summed E-state index contributed by atoms with van der Waals surface area (Å²) in [5, 5.41) is 11.4. The molecule has 1 unspecified atom stereocenters. The second-order valence-corrected chi connectivity index (χ2v) is 4.43. The van der Waals surface area contributed by atoms with Crippen molar-refractivity contribution in [1.29, 1.82) is 0 Å². The minimum atomic E-state index is -2.96. The lowest BCUT2D eigenvalue weighted by Crippen LogP contribution is -2.55. The third-order valence-corrected chi connectivity index (χ3v) is 2.64. The molecule has 21 heavy (non-hydrogen) atoms. The lowest BCUT2D eigenvalue weighted by Gasteiger charge is -2.25. The molecule has 0 saturated heterocycles. The zero-order valence-electron chi connectivity index (χ0n) is 11.4. The van der Waals surface area contributed by atoms with E-state index in [9.17, 15) is 18.4 Å². The number of ether oxygens (including phenoxy) is 2. The van der Waals surface area contributed by atoms with Crippen molar-refractivity contribution in [3.8, 4) is 5.75 Å². The van der Waals surface area contributed by atoms with Gasteiger partial charge in [0.25, 0.3) is 5.91 Å². The normalized spacial score (nSPS) is 13.6. The third kappa shape index (κ3) is 4.67. The number of methoxy groups -OCH3 is 1. The lowest BCUT2D eigenvalue weighted by atomic mass is 10.0. The Labute approximate surface area is 119 Å². The van der Waals surface area contributed by atoms with E-state index in [1.807, 2.05) is 0 Å². The summed E-state index contributed by atoms with van der Waals surface area (Å²) >= 11 is 0. The second-order valence-electron chi connectivity index (χ2n) is 4.43. The van der Waals surface area contributed by atoms with Gasteiger partial charge in [-0.3, -0.25) is 4.79 Å². The molecule has 1 amide bonds. The maximum absolute atomic E-state index is 12.0. The van der Waals surface area contributed by atoms with Crippen molar-refractivity contribution in [2.45, 2.75) is 19.1 Å². The monoisotopic (exact) mass is 303 g/mol. The maximum Gasteiger partial charge on any atom is 0.387 e. The fraction of sp³-hybridized carbons (Fsp3) is 0.385. The fourth-order valence-electron chi connectivity index (χ4n) is 1.55. The highest BCUT2D eigenvalue weighted by molar-refractivity contribution is 5.97. The fourth-order valence-corrected chi connectivity index (χ4v) is 1.55. The number of benzene rings is 1. The van der Waals surface area contributed by atoms with Crippen LogP contribution >= 0.6 is 0 Å². The summed E-state index contributed by atoms with van der Waals surface area (Å²) in [7, 11) is 1.31. The molecule has 1 aromatic carbocycles. The number of hydrogen-bond acceptors (Lipinski definition) is 4. The van der Waals surface area contributed by atoms with Crippen LogP contribution in [-0.4, -0.2) is 42.9 Å². The van der Waals surface area contributed by atoms with Gasteiger partial charge in [-0.1, -0.05) is 0 Å². The maximum atomic E-state index is 12.0. The number of alkyl halides is 2. The average molecular weight is 303 g/mol. The molecule has 0 bridgehead atoms. The molecule has 0 spiro atoms. The van der Waals surface area contributed by atoms with Crippen molar-refractivity contribution in [2.75, 3.05) is 13.7 Å². The number of nitrogens with one attached hydrogen (secondary N) is 1. The van der Waals surface area contributed by atoms with Crippen molar-refractivity contribution in [1.82, 2.24) is 5.32 Å². The van der Waals surface area contributed by atoms with Crippen molar-refractivity contribution >= 4 is 11.9 Å². The van der Waals surface area contributed by atoms with Crippen LogP contribution in [0.3, 0.4) is 0 Å². The molecular weight excluding hydrogens is 288 g/mol. The zero-order valence-corrected chi connectivity index (χ0v) is 11.4. The van der Waals surface area contributed by atoms with Gasteiger partial charge < -0.3 is 19.9 Å². The van der Waals surface area contributed by atoms with E-state index in [2.05, 4.69) is 10.1 Å². The standard InChI is InChI=1S/C13H15F2NO5/c1-13(7-20-2,11(18)19)16-10(17)8-3-5-9(6-4-8)21-12(14)15/h3-6,12H,7H2,1-2H3,(H,16,17)(H,18,19). The van der Waals surface area contributed by atoms with E-state index in [0.717, 1.165) is 0 Å². The van der Waals surface area contributed by atoms with Gasteiger partial charge in [-0.25, -0.2) is 4.79 Å². The third-order valence-electron chi connectivity index (χ3n) is 2.64. The van der Waals surface area contributed by atoms with Gasteiger partial charge in [0.15, 0.2) is 5.54 Å². The second kappa shape index (κ2) is 6.98. The number of aliphatic carboxylic acids is 1. The molecule has 1 rings (SSSR count). The predicted molar refractivity (Wildman–Crippen MR) is 68.5 cm³/mol. The molecule has 0 aliphatic heterocycles. The van der Waals surface area contributed by atoms with Crippen LogP contribution in [0.1, 0.15) is 17.3 Å². The summed E-state index contributed by atoms with van der Waals surface area (Å²) in [5.41, 5.74) is -1.48. The van der Waals surface area contributed by atoms with Gasteiger partial charge in [-0.2, -0.15) is 8.78 Å². The number of carboxylic acids is 1. The molecule has 1 atom stereocenters. The Hall–Kier alpha value is -2.22. The van der Waals surface area contributed by atoms with Gasteiger partial charge in [0.1, 0.15) is 5.75 Å². The van der Waals surface area contributed by atoms with Gasteiger partial charge in [-0.15, -0.1) is 0 Å². The molecule has 0 aromatic heterocycles. The van der Waals surface area contributed by atoms with Gasteiger partial charge in [-0.05, 0) is 31.2 Å². The van der Waals surface area contributed by atoms with Crippen molar-refractivity contribution in [3.05, 3.63) is 29.8 Å². The van der Waals surface area contributed by atoms with Crippen LogP contribution in [0.15, 0.2) is 24.3 Å². The Morgan fingerprint density at radius 2 is 1.90 bits per heavy atom. The van der Waals surface area contributed by atoms with Gasteiger partial charge in [0, 0.05) is 12.7 Å². The molecule has 1 aromatic rings. The molecule has 116 valence electrons. The molecule has 0 heterocycles. The molecule has 2 N–H and O–H groups in total. The summed E-state index contributed by atoms with van der Waals surface area (Å²) in [4.78, 5) is 23.1. The van der Waals surface area contributed by atoms with E-state index in [1.54, 1.807) is 0 Å². The van der Waals surface area contributed by atoms with E-state index in [1.165, 1.54) is 38.3 Å². The molecule has 0 aliphatic carbocycles. The number of carboxylic acid groups (broad SMARTS) is 1. The van der Waals surface area contributed by atoms with Crippen LogP contribution in [0.4, 0.5) is 8.78 Å². The predicted octanol–water partition coefficient (Wildman–Crippen LogP) is 1.51. The average Bonchev–Trinajstić information content (AvgIpc) is 2.38. The van der Waals surface area contributed by atoms with Gasteiger partial charge in [0.2, 0.25) is 0 Å². The number of carbonyl (C=O) groups is 2. The molecule has 6 nitrogen and oxygen atoms in total. The molecular formula is C13H15F2NO5. The molecule has 0 fully saturated rings.